The first-order chi connectivity index (χ1) is 5.33. The Labute approximate surface area is 67.8 Å². The standard InChI is InChI=1S/C4H10O2.C3H8O2/c1-2-6-4-3-5;1-5-3-2-4/h5H,2-4H2,1H3;4H,2-3H2,1H3. The van der Waals surface area contributed by atoms with Gasteiger partial charge in [0.25, 0.3) is 0 Å². The van der Waals surface area contributed by atoms with E-state index in [4.69, 9.17) is 14.9 Å². The summed E-state index contributed by atoms with van der Waals surface area (Å²) in [7, 11) is 1.55. The van der Waals surface area contributed by atoms with Crippen molar-refractivity contribution in [1.29, 1.82) is 0 Å². The predicted octanol–water partition coefficient (Wildman–Crippen LogP) is -0.360. The molecule has 0 rings (SSSR count). The van der Waals surface area contributed by atoms with Crippen molar-refractivity contribution < 1.29 is 19.7 Å². The van der Waals surface area contributed by atoms with Crippen LogP contribution in [0.4, 0.5) is 0 Å². The highest BCUT2D eigenvalue weighted by Crippen LogP contribution is 1.66. The number of rotatable bonds is 5. The highest BCUT2D eigenvalue weighted by atomic mass is 16.5. The number of hydrogen-bond donors (Lipinski definition) is 2. The highest BCUT2D eigenvalue weighted by molar-refractivity contribution is 4.18. The van der Waals surface area contributed by atoms with Gasteiger partial charge in [0.05, 0.1) is 26.4 Å². The summed E-state index contributed by atoms with van der Waals surface area (Å²) in [6, 6.07) is 0. The van der Waals surface area contributed by atoms with Crippen molar-refractivity contribution in [3.8, 4) is 0 Å². The first kappa shape index (κ1) is 13.4. The minimum atomic E-state index is 0.122. The van der Waals surface area contributed by atoms with Crippen LogP contribution in [0.25, 0.3) is 0 Å². The van der Waals surface area contributed by atoms with Gasteiger partial charge in [-0.3, -0.25) is 0 Å². The summed E-state index contributed by atoms with van der Waals surface area (Å²) in [6.07, 6.45) is 0. The number of ether oxygens (including phenoxy) is 2. The van der Waals surface area contributed by atoms with E-state index >= 15 is 0 Å². The molecule has 0 aliphatic rings. The van der Waals surface area contributed by atoms with Crippen molar-refractivity contribution in [2.24, 2.45) is 0 Å². The molecule has 11 heavy (non-hydrogen) atoms. The van der Waals surface area contributed by atoms with Gasteiger partial charge in [-0.1, -0.05) is 0 Å². The fraction of sp³-hybridized carbons (Fsp3) is 1.00. The van der Waals surface area contributed by atoms with Crippen LogP contribution in [-0.2, 0) is 9.47 Å². The zero-order valence-corrected chi connectivity index (χ0v) is 7.25. The van der Waals surface area contributed by atoms with E-state index in [1.54, 1.807) is 7.11 Å². The molecule has 0 aromatic rings. The van der Waals surface area contributed by atoms with Crippen LogP contribution >= 0.6 is 0 Å². The first-order valence-electron chi connectivity index (χ1n) is 3.61. The third-order valence-corrected chi connectivity index (χ3v) is 0.735. The van der Waals surface area contributed by atoms with E-state index in [2.05, 4.69) is 4.74 Å². The van der Waals surface area contributed by atoms with Crippen LogP contribution in [0.15, 0.2) is 0 Å². The van der Waals surface area contributed by atoms with E-state index in [1.807, 2.05) is 6.92 Å². The number of hydrogen-bond acceptors (Lipinski definition) is 4. The van der Waals surface area contributed by atoms with Crippen molar-refractivity contribution in [2.75, 3.05) is 40.1 Å². The van der Waals surface area contributed by atoms with Gasteiger partial charge in [0, 0.05) is 13.7 Å². The largest absolute Gasteiger partial charge is 0.394 e. The third kappa shape index (κ3) is 25.8. The quantitative estimate of drug-likeness (QED) is 0.548. The third-order valence-electron chi connectivity index (χ3n) is 0.735. The minimum absolute atomic E-state index is 0.122. The molecular formula is C7H18O4. The van der Waals surface area contributed by atoms with Gasteiger partial charge in [-0.25, -0.2) is 0 Å². The fourth-order valence-corrected chi connectivity index (χ4v) is 0.300. The molecule has 0 bridgehead atoms. The first-order valence-corrected chi connectivity index (χ1v) is 3.61. The average molecular weight is 166 g/mol. The maximum atomic E-state index is 8.07. The van der Waals surface area contributed by atoms with Gasteiger partial charge >= 0.3 is 0 Å². The summed E-state index contributed by atoms with van der Waals surface area (Å²) in [5, 5.41) is 16.0. The van der Waals surface area contributed by atoms with Crippen LogP contribution in [0.2, 0.25) is 0 Å². The topological polar surface area (TPSA) is 58.9 Å². The second-order valence-corrected chi connectivity index (χ2v) is 1.64. The molecule has 0 aromatic heterocycles. The van der Waals surface area contributed by atoms with Gasteiger partial charge in [-0.05, 0) is 6.92 Å². The average Bonchev–Trinajstić information content (AvgIpc) is 2.04. The van der Waals surface area contributed by atoms with Crippen molar-refractivity contribution in [3.63, 3.8) is 0 Å². The Bertz CT molecular complexity index is 43.7. The SMILES string of the molecule is CCOCCO.COCCO. The summed E-state index contributed by atoms with van der Waals surface area (Å²) >= 11 is 0. The van der Waals surface area contributed by atoms with Gasteiger partial charge in [-0.15, -0.1) is 0 Å². The zero-order valence-electron chi connectivity index (χ0n) is 7.25. The van der Waals surface area contributed by atoms with Gasteiger partial charge in [-0.2, -0.15) is 0 Å². The monoisotopic (exact) mass is 166 g/mol. The fourth-order valence-electron chi connectivity index (χ4n) is 0.300. The van der Waals surface area contributed by atoms with Crippen LogP contribution < -0.4 is 0 Å². The highest BCUT2D eigenvalue weighted by Gasteiger charge is 1.73. The van der Waals surface area contributed by atoms with E-state index in [9.17, 15) is 0 Å². The number of methoxy groups -OCH3 is 1. The summed E-state index contributed by atoms with van der Waals surface area (Å²) in [6.45, 7) is 3.76. The molecule has 0 heterocycles. The lowest BCUT2D eigenvalue weighted by atomic mass is 10.8. The van der Waals surface area contributed by atoms with Crippen molar-refractivity contribution in [2.45, 2.75) is 6.92 Å². The minimum Gasteiger partial charge on any atom is -0.394 e. The van der Waals surface area contributed by atoms with Crippen molar-refractivity contribution in [3.05, 3.63) is 0 Å². The summed E-state index contributed by atoms with van der Waals surface area (Å²) in [5.41, 5.74) is 0. The van der Waals surface area contributed by atoms with Crippen LogP contribution in [-0.4, -0.2) is 50.4 Å². The molecule has 0 amide bonds. The molecule has 0 unspecified atom stereocenters. The Morgan fingerprint density at radius 2 is 1.64 bits per heavy atom. The van der Waals surface area contributed by atoms with E-state index in [0.29, 0.717) is 19.8 Å². The van der Waals surface area contributed by atoms with E-state index in [1.165, 1.54) is 0 Å². The normalized spacial score (nSPS) is 8.73. The van der Waals surface area contributed by atoms with Gasteiger partial charge < -0.3 is 19.7 Å². The van der Waals surface area contributed by atoms with E-state index in [-0.39, 0.29) is 13.2 Å². The molecule has 0 fully saturated rings. The number of aliphatic hydroxyl groups is 2. The molecule has 0 aromatic carbocycles. The summed E-state index contributed by atoms with van der Waals surface area (Å²) in [5.74, 6) is 0. The molecule has 0 spiro atoms. The lowest BCUT2D eigenvalue weighted by Crippen LogP contribution is -1.96. The Morgan fingerprint density at radius 1 is 1.09 bits per heavy atom. The molecule has 0 radical (unpaired) electrons. The second kappa shape index (κ2) is 16.4. The molecule has 0 atom stereocenters. The molecule has 70 valence electrons. The lowest BCUT2D eigenvalue weighted by molar-refractivity contribution is 0.102. The molecule has 0 aliphatic heterocycles. The van der Waals surface area contributed by atoms with Gasteiger partial charge in [0.15, 0.2) is 0 Å². The van der Waals surface area contributed by atoms with Gasteiger partial charge in [0.2, 0.25) is 0 Å². The molecular weight excluding hydrogens is 148 g/mol. The maximum Gasteiger partial charge on any atom is 0.0697 e. The smallest absolute Gasteiger partial charge is 0.0697 e. The van der Waals surface area contributed by atoms with Crippen LogP contribution in [0.5, 0.6) is 0 Å². The Kier molecular flexibility index (Phi) is 20.1. The molecule has 2 N–H and O–H groups in total. The molecule has 0 saturated carbocycles. The Morgan fingerprint density at radius 3 is 1.73 bits per heavy atom. The predicted molar refractivity (Wildman–Crippen MR) is 42.5 cm³/mol. The molecule has 4 heteroatoms. The second-order valence-electron chi connectivity index (χ2n) is 1.64. The molecule has 0 aliphatic carbocycles. The summed E-state index contributed by atoms with van der Waals surface area (Å²) < 4.78 is 9.17. The Hall–Kier alpha value is -0.160. The molecule has 0 saturated heterocycles. The van der Waals surface area contributed by atoms with Crippen molar-refractivity contribution >= 4 is 0 Å². The van der Waals surface area contributed by atoms with Crippen LogP contribution in [0.3, 0.4) is 0 Å². The lowest BCUT2D eigenvalue weighted by Gasteiger charge is -1.91. The zero-order chi connectivity index (χ0) is 8.95. The maximum absolute atomic E-state index is 8.07. The van der Waals surface area contributed by atoms with Crippen LogP contribution in [0.1, 0.15) is 6.92 Å². The van der Waals surface area contributed by atoms with Crippen LogP contribution in [0, 0.1) is 0 Å². The van der Waals surface area contributed by atoms with Crippen molar-refractivity contribution in [1.82, 2.24) is 0 Å². The summed E-state index contributed by atoms with van der Waals surface area (Å²) in [4.78, 5) is 0. The number of aliphatic hydroxyl groups excluding tert-OH is 2. The Balaban J connectivity index is 0. The molecule has 4 nitrogen and oxygen atoms in total. The van der Waals surface area contributed by atoms with Gasteiger partial charge in [0.1, 0.15) is 0 Å². The van der Waals surface area contributed by atoms with E-state index < -0.39 is 0 Å². The van der Waals surface area contributed by atoms with E-state index in [0.717, 1.165) is 0 Å².